The number of para-hydroxylation sites is 1. The van der Waals surface area contributed by atoms with Crippen LogP contribution in [-0.4, -0.2) is 27.0 Å². The van der Waals surface area contributed by atoms with Crippen LogP contribution in [0.3, 0.4) is 0 Å². The molecular weight excluding hydrogens is 440 g/mol. The molecule has 2 N–H and O–H groups in total. The van der Waals surface area contributed by atoms with Crippen LogP contribution in [0.5, 0.6) is 11.5 Å². The van der Waals surface area contributed by atoms with Gasteiger partial charge in [0.1, 0.15) is 11.5 Å². The van der Waals surface area contributed by atoms with Gasteiger partial charge < -0.3 is 14.8 Å². The fourth-order valence-electron chi connectivity index (χ4n) is 3.10. The van der Waals surface area contributed by atoms with Crippen molar-refractivity contribution in [3.05, 3.63) is 78.4 Å². The number of benzene rings is 3. The average Bonchev–Trinajstić information content (AvgIpc) is 2.80. The minimum atomic E-state index is -3.78. The molecule has 0 radical (unpaired) electrons. The van der Waals surface area contributed by atoms with Gasteiger partial charge in [-0.2, -0.15) is 0 Å². The number of hydrogen-bond donors (Lipinski definition) is 2. The lowest BCUT2D eigenvalue weighted by Crippen LogP contribution is -2.32. The quantitative estimate of drug-likeness (QED) is 0.437. The molecule has 7 nitrogen and oxygen atoms in total. The van der Waals surface area contributed by atoms with Gasteiger partial charge in [-0.1, -0.05) is 25.1 Å². The van der Waals surface area contributed by atoms with E-state index in [-0.39, 0.29) is 10.8 Å². The second-order valence-corrected chi connectivity index (χ2v) is 9.04. The number of anilines is 2. The van der Waals surface area contributed by atoms with Crippen molar-refractivity contribution < 1.29 is 22.7 Å². The molecule has 0 aliphatic carbocycles. The molecule has 0 saturated heterocycles. The normalized spacial score (nSPS) is 12.0. The largest absolute Gasteiger partial charge is 0.494 e. The number of hydrogen-bond acceptors (Lipinski definition) is 5. The first-order chi connectivity index (χ1) is 15.8. The Morgan fingerprint density at radius 3 is 2.15 bits per heavy atom. The highest BCUT2D eigenvalue weighted by molar-refractivity contribution is 7.92. The molecule has 33 heavy (non-hydrogen) atoms. The van der Waals surface area contributed by atoms with Crippen LogP contribution in [0.15, 0.2) is 77.7 Å². The van der Waals surface area contributed by atoms with Gasteiger partial charge in [-0.15, -0.1) is 0 Å². The Bertz CT molecular complexity index is 1180. The molecule has 8 heteroatoms. The Balaban J connectivity index is 1.64. The zero-order chi connectivity index (χ0) is 23.8. The highest BCUT2D eigenvalue weighted by Crippen LogP contribution is 2.22. The van der Waals surface area contributed by atoms with Gasteiger partial charge in [0.25, 0.3) is 15.9 Å². The van der Waals surface area contributed by atoms with Gasteiger partial charge in [0.05, 0.1) is 11.5 Å². The first-order valence-corrected chi connectivity index (χ1v) is 12.2. The van der Waals surface area contributed by atoms with Crippen LogP contribution < -0.4 is 19.5 Å². The standard InChI is InChI=1S/C25H28N2O5S/c1-4-23(32-24-9-7-6-8-18(24)3)25(28)26-19-12-16-22(17-13-19)33(29,30)27-20-10-14-21(15-11-20)31-5-2/h6-17,23,27H,4-5H2,1-3H3,(H,26,28)/t23-/m0/s1. The Morgan fingerprint density at radius 1 is 0.909 bits per heavy atom. The highest BCUT2D eigenvalue weighted by Gasteiger charge is 2.20. The van der Waals surface area contributed by atoms with Crippen molar-refractivity contribution in [3.63, 3.8) is 0 Å². The van der Waals surface area contributed by atoms with Crippen LogP contribution in [-0.2, 0) is 14.8 Å². The molecule has 0 spiro atoms. The van der Waals surface area contributed by atoms with Crippen molar-refractivity contribution in [2.24, 2.45) is 0 Å². The molecule has 3 rings (SSSR count). The SMILES string of the molecule is CCOc1ccc(NS(=O)(=O)c2ccc(NC(=O)[C@H](CC)Oc3ccccc3C)cc2)cc1. The summed E-state index contributed by atoms with van der Waals surface area (Å²) in [5.74, 6) is 1.02. The second-order valence-electron chi connectivity index (χ2n) is 7.36. The molecule has 0 aliphatic rings. The van der Waals surface area contributed by atoms with Crippen LogP contribution in [0, 0.1) is 6.92 Å². The summed E-state index contributed by atoms with van der Waals surface area (Å²) in [5, 5.41) is 2.79. The maximum absolute atomic E-state index is 12.7. The van der Waals surface area contributed by atoms with Gasteiger partial charge in [0.2, 0.25) is 0 Å². The van der Waals surface area contributed by atoms with Gasteiger partial charge in [0.15, 0.2) is 6.10 Å². The summed E-state index contributed by atoms with van der Waals surface area (Å²) in [6.45, 7) is 6.19. The van der Waals surface area contributed by atoms with Crippen molar-refractivity contribution in [1.82, 2.24) is 0 Å². The molecule has 0 unspecified atom stereocenters. The van der Waals surface area contributed by atoms with Gasteiger partial charge in [0, 0.05) is 11.4 Å². The number of carbonyl (C=O) groups is 1. The van der Waals surface area contributed by atoms with Crippen LogP contribution in [0.2, 0.25) is 0 Å². The lowest BCUT2D eigenvalue weighted by atomic mass is 10.2. The predicted molar refractivity (Wildman–Crippen MR) is 129 cm³/mol. The third kappa shape index (κ3) is 6.49. The Kier molecular flexibility index (Phi) is 7.95. The lowest BCUT2D eigenvalue weighted by Gasteiger charge is -2.18. The molecule has 3 aromatic carbocycles. The molecule has 174 valence electrons. The Hall–Kier alpha value is -3.52. The van der Waals surface area contributed by atoms with Gasteiger partial charge >= 0.3 is 0 Å². The third-order valence-electron chi connectivity index (χ3n) is 4.88. The molecule has 0 aliphatic heterocycles. The Labute approximate surface area is 194 Å². The summed E-state index contributed by atoms with van der Waals surface area (Å²) < 4.78 is 39.1. The van der Waals surface area contributed by atoms with E-state index in [2.05, 4.69) is 10.0 Å². The molecule has 0 bridgehead atoms. The first kappa shape index (κ1) is 24.1. The van der Waals surface area contributed by atoms with Crippen molar-refractivity contribution in [2.45, 2.75) is 38.2 Å². The maximum Gasteiger partial charge on any atom is 0.265 e. The van der Waals surface area contributed by atoms with E-state index < -0.39 is 16.1 Å². The van der Waals surface area contributed by atoms with Crippen molar-refractivity contribution in [1.29, 1.82) is 0 Å². The number of amides is 1. The zero-order valence-corrected chi connectivity index (χ0v) is 19.7. The number of aryl methyl sites for hydroxylation is 1. The van der Waals surface area contributed by atoms with E-state index in [9.17, 15) is 13.2 Å². The molecule has 0 saturated carbocycles. The third-order valence-corrected chi connectivity index (χ3v) is 6.27. The topological polar surface area (TPSA) is 93.7 Å². The average molecular weight is 469 g/mol. The predicted octanol–water partition coefficient (Wildman–Crippen LogP) is 4.99. The van der Waals surface area contributed by atoms with Crippen molar-refractivity contribution in [2.75, 3.05) is 16.6 Å². The fraction of sp³-hybridized carbons (Fsp3) is 0.240. The van der Waals surface area contributed by atoms with E-state index in [4.69, 9.17) is 9.47 Å². The maximum atomic E-state index is 12.7. The number of nitrogens with one attached hydrogen (secondary N) is 2. The molecule has 0 aromatic heterocycles. The number of rotatable bonds is 10. The van der Waals surface area contributed by atoms with E-state index in [0.717, 1.165) is 5.56 Å². The zero-order valence-electron chi connectivity index (χ0n) is 18.9. The molecule has 1 atom stereocenters. The molecule has 1 amide bonds. The van der Waals surface area contributed by atoms with Crippen LogP contribution in [0.1, 0.15) is 25.8 Å². The lowest BCUT2D eigenvalue weighted by molar-refractivity contribution is -0.122. The van der Waals surface area contributed by atoms with Crippen LogP contribution >= 0.6 is 0 Å². The fourth-order valence-corrected chi connectivity index (χ4v) is 4.16. The van der Waals surface area contributed by atoms with Gasteiger partial charge in [-0.3, -0.25) is 9.52 Å². The van der Waals surface area contributed by atoms with E-state index >= 15 is 0 Å². The van der Waals surface area contributed by atoms with Crippen molar-refractivity contribution >= 4 is 27.3 Å². The number of carbonyl (C=O) groups excluding carboxylic acids is 1. The number of sulfonamides is 1. The first-order valence-electron chi connectivity index (χ1n) is 10.7. The van der Waals surface area contributed by atoms with E-state index in [1.165, 1.54) is 12.1 Å². The summed E-state index contributed by atoms with van der Waals surface area (Å²) in [6.07, 6.45) is -0.186. The van der Waals surface area contributed by atoms with Gasteiger partial charge in [-0.25, -0.2) is 8.42 Å². The summed E-state index contributed by atoms with van der Waals surface area (Å²) >= 11 is 0. The highest BCUT2D eigenvalue weighted by atomic mass is 32.2. The summed E-state index contributed by atoms with van der Waals surface area (Å²) in [6, 6.07) is 20.1. The minimum absolute atomic E-state index is 0.0811. The Morgan fingerprint density at radius 2 is 1.55 bits per heavy atom. The van der Waals surface area contributed by atoms with Crippen LogP contribution in [0.4, 0.5) is 11.4 Å². The van der Waals surface area contributed by atoms with Crippen LogP contribution in [0.25, 0.3) is 0 Å². The van der Waals surface area contributed by atoms with E-state index in [1.807, 2.05) is 45.0 Å². The molecule has 0 fully saturated rings. The van der Waals surface area contributed by atoms with Crippen molar-refractivity contribution in [3.8, 4) is 11.5 Å². The van der Waals surface area contributed by atoms with E-state index in [1.54, 1.807) is 36.4 Å². The summed E-state index contributed by atoms with van der Waals surface area (Å²) in [4.78, 5) is 12.8. The smallest absolute Gasteiger partial charge is 0.265 e. The number of ether oxygens (including phenoxy) is 2. The summed E-state index contributed by atoms with van der Waals surface area (Å²) in [7, 11) is -3.78. The molecular formula is C25H28N2O5S. The monoisotopic (exact) mass is 468 g/mol. The van der Waals surface area contributed by atoms with Gasteiger partial charge in [-0.05, 0) is 80.4 Å². The summed E-state index contributed by atoms with van der Waals surface area (Å²) in [5.41, 5.74) is 1.85. The van der Waals surface area contributed by atoms with E-state index in [0.29, 0.717) is 35.9 Å². The second kappa shape index (κ2) is 10.9. The molecule has 0 heterocycles. The minimum Gasteiger partial charge on any atom is -0.494 e. The molecule has 3 aromatic rings.